The maximum atomic E-state index is 12.9. The van der Waals surface area contributed by atoms with Gasteiger partial charge in [0.1, 0.15) is 5.82 Å². The Morgan fingerprint density at radius 2 is 2.22 bits per heavy atom. The molecule has 2 aromatic rings. The number of hydrogen-bond donors (Lipinski definition) is 1. The van der Waals surface area contributed by atoms with E-state index in [1.54, 1.807) is 10.9 Å². The molecule has 4 nitrogen and oxygen atoms in total. The van der Waals surface area contributed by atoms with Gasteiger partial charge in [-0.1, -0.05) is 0 Å². The number of hydrogen-bond acceptors (Lipinski definition) is 4. The first-order valence-corrected chi connectivity index (χ1v) is 8.03. The lowest BCUT2D eigenvalue weighted by Gasteiger charge is -2.07. The molecule has 0 bridgehead atoms. The third-order valence-corrected chi connectivity index (χ3v) is 5.12. The average molecular weight is 351 g/mol. The van der Waals surface area contributed by atoms with Gasteiger partial charge in [0.2, 0.25) is 10.0 Å². The van der Waals surface area contributed by atoms with E-state index in [-0.39, 0.29) is 15.9 Å². The highest BCUT2D eigenvalue weighted by molar-refractivity contribution is 9.10. The Balaban J connectivity index is 2.20. The topological polar surface area (TPSA) is 59.1 Å². The van der Waals surface area contributed by atoms with Crippen LogP contribution in [0.2, 0.25) is 0 Å². The lowest BCUT2D eigenvalue weighted by Crippen LogP contribution is -2.23. The molecule has 2 rings (SSSR count). The summed E-state index contributed by atoms with van der Waals surface area (Å²) >= 11 is 4.42. The molecule has 0 aliphatic carbocycles. The second-order valence-electron chi connectivity index (χ2n) is 3.38. The third-order valence-electron chi connectivity index (χ3n) is 2.11. The molecule has 1 N–H and O–H groups in total. The molecule has 0 spiro atoms. The van der Waals surface area contributed by atoms with E-state index in [9.17, 15) is 12.8 Å². The standard InChI is InChI=1S/C10H8BrFN2O2S2/c11-9-3-7(12)1-2-10(9)18(15,16)14-4-8-5-17-6-13-8/h1-3,5-6,14H,4H2. The summed E-state index contributed by atoms with van der Waals surface area (Å²) < 4.78 is 39.4. The van der Waals surface area contributed by atoms with E-state index in [0.717, 1.165) is 12.1 Å². The summed E-state index contributed by atoms with van der Waals surface area (Å²) in [5, 5.41) is 1.75. The highest BCUT2D eigenvalue weighted by Crippen LogP contribution is 2.22. The zero-order valence-electron chi connectivity index (χ0n) is 8.93. The Bertz CT molecular complexity index is 644. The van der Waals surface area contributed by atoms with E-state index in [1.165, 1.54) is 17.4 Å². The molecule has 8 heteroatoms. The van der Waals surface area contributed by atoms with Crippen LogP contribution in [0.3, 0.4) is 0 Å². The molecule has 1 heterocycles. The molecule has 0 aliphatic heterocycles. The molecule has 18 heavy (non-hydrogen) atoms. The van der Waals surface area contributed by atoms with Crippen molar-refractivity contribution in [3.63, 3.8) is 0 Å². The van der Waals surface area contributed by atoms with Gasteiger partial charge in [0.25, 0.3) is 0 Å². The van der Waals surface area contributed by atoms with Gasteiger partial charge in [0.15, 0.2) is 0 Å². The van der Waals surface area contributed by atoms with E-state index in [0.29, 0.717) is 5.69 Å². The van der Waals surface area contributed by atoms with Crippen molar-refractivity contribution in [1.82, 2.24) is 9.71 Å². The fourth-order valence-corrected chi connectivity index (χ4v) is 3.87. The first kappa shape index (κ1) is 13.6. The molecular weight excluding hydrogens is 343 g/mol. The van der Waals surface area contributed by atoms with Crippen molar-refractivity contribution in [2.45, 2.75) is 11.4 Å². The fraction of sp³-hybridized carbons (Fsp3) is 0.100. The molecule has 0 radical (unpaired) electrons. The van der Waals surface area contributed by atoms with Crippen LogP contribution in [-0.2, 0) is 16.6 Å². The van der Waals surface area contributed by atoms with Crippen LogP contribution in [0.5, 0.6) is 0 Å². The predicted octanol–water partition coefficient (Wildman–Crippen LogP) is 2.52. The largest absolute Gasteiger partial charge is 0.248 e. The van der Waals surface area contributed by atoms with Gasteiger partial charge in [-0.15, -0.1) is 11.3 Å². The van der Waals surface area contributed by atoms with Crippen LogP contribution in [0.15, 0.2) is 38.5 Å². The van der Waals surface area contributed by atoms with Gasteiger partial charge < -0.3 is 0 Å². The Kier molecular flexibility index (Phi) is 4.10. The number of rotatable bonds is 4. The quantitative estimate of drug-likeness (QED) is 0.921. The van der Waals surface area contributed by atoms with Crippen molar-refractivity contribution in [2.24, 2.45) is 0 Å². The van der Waals surface area contributed by atoms with Gasteiger partial charge in [-0.05, 0) is 34.1 Å². The second-order valence-corrected chi connectivity index (χ2v) is 6.69. The monoisotopic (exact) mass is 350 g/mol. The van der Waals surface area contributed by atoms with Crippen molar-refractivity contribution >= 4 is 37.3 Å². The smallest absolute Gasteiger partial charge is 0.242 e. The van der Waals surface area contributed by atoms with Crippen LogP contribution in [0.1, 0.15) is 5.69 Å². The molecule has 0 saturated carbocycles. The summed E-state index contributed by atoms with van der Waals surface area (Å²) in [6, 6.07) is 3.42. The molecular formula is C10H8BrFN2O2S2. The Morgan fingerprint density at radius 1 is 1.44 bits per heavy atom. The summed E-state index contributed by atoms with van der Waals surface area (Å²) in [5.74, 6) is -0.500. The maximum Gasteiger partial charge on any atom is 0.242 e. The normalized spacial score (nSPS) is 11.7. The van der Waals surface area contributed by atoms with Crippen LogP contribution in [0.4, 0.5) is 4.39 Å². The van der Waals surface area contributed by atoms with Gasteiger partial charge in [0, 0.05) is 9.85 Å². The number of benzene rings is 1. The number of sulfonamides is 1. The Labute approximate surface area is 116 Å². The molecule has 1 aromatic carbocycles. The van der Waals surface area contributed by atoms with Crippen molar-refractivity contribution in [3.05, 3.63) is 45.1 Å². The summed E-state index contributed by atoms with van der Waals surface area (Å²) in [6.45, 7) is 0.107. The minimum Gasteiger partial charge on any atom is -0.248 e. The van der Waals surface area contributed by atoms with Crippen molar-refractivity contribution < 1.29 is 12.8 Å². The summed E-state index contributed by atoms with van der Waals surface area (Å²) in [7, 11) is -3.68. The van der Waals surface area contributed by atoms with Crippen LogP contribution in [0.25, 0.3) is 0 Å². The van der Waals surface area contributed by atoms with Crippen molar-refractivity contribution in [3.8, 4) is 0 Å². The van der Waals surface area contributed by atoms with Crippen LogP contribution >= 0.6 is 27.3 Å². The lowest BCUT2D eigenvalue weighted by atomic mass is 10.3. The van der Waals surface area contributed by atoms with Gasteiger partial charge in [-0.25, -0.2) is 22.5 Å². The SMILES string of the molecule is O=S(=O)(NCc1cscn1)c1ccc(F)cc1Br. The van der Waals surface area contributed by atoms with E-state index < -0.39 is 15.8 Å². The summed E-state index contributed by atoms with van der Waals surface area (Å²) in [5.41, 5.74) is 2.26. The van der Waals surface area contributed by atoms with Gasteiger partial charge >= 0.3 is 0 Å². The first-order valence-electron chi connectivity index (χ1n) is 4.81. The highest BCUT2D eigenvalue weighted by Gasteiger charge is 2.17. The molecule has 96 valence electrons. The Hall–Kier alpha value is -0.830. The second kappa shape index (κ2) is 5.43. The average Bonchev–Trinajstić information content (AvgIpc) is 2.78. The van der Waals surface area contributed by atoms with Gasteiger partial charge in [0.05, 0.1) is 22.6 Å². The number of nitrogens with one attached hydrogen (secondary N) is 1. The predicted molar refractivity (Wildman–Crippen MR) is 70.2 cm³/mol. The Morgan fingerprint density at radius 3 is 2.83 bits per heavy atom. The lowest BCUT2D eigenvalue weighted by molar-refractivity contribution is 0.579. The molecule has 0 saturated heterocycles. The molecule has 1 aromatic heterocycles. The van der Waals surface area contributed by atoms with Crippen LogP contribution < -0.4 is 4.72 Å². The number of aromatic nitrogens is 1. The minimum absolute atomic E-state index is 0.000806. The molecule has 0 fully saturated rings. The molecule has 0 unspecified atom stereocenters. The van der Waals surface area contributed by atoms with Crippen molar-refractivity contribution in [1.29, 1.82) is 0 Å². The zero-order valence-corrected chi connectivity index (χ0v) is 12.1. The molecule has 0 aliphatic rings. The number of thiazole rings is 1. The van der Waals surface area contributed by atoms with Gasteiger partial charge in [-0.3, -0.25) is 0 Å². The molecule has 0 amide bonds. The van der Waals surface area contributed by atoms with E-state index in [4.69, 9.17) is 0 Å². The first-order chi connectivity index (χ1) is 8.49. The van der Waals surface area contributed by atoms with Crippen LogP contribution in [-0.4, -0.2) is 13.4 Å². The minimum atomic E-state index is -3.68. The van der Waals surface area contributed by atoms with Crippen LogP contribution in [0, 0.1) is 5.82 Å². The van der Waals surface area contributed by atoms with E-state index >= 15 is 0 Å². The number of halogens is 2. The van der Waals surface area contributed by atoms with E-state index in [1.807, 2.05) is 0 Å². The maximum absolute atomic E-state index is 12.9. The fourth-order valence-electron chi connectivity index (χ4n) is 1.26. The highest BCUT2D eigenvalue weighted by atomic mass is 79.9. The van der Waals surface area contributed by atoms with Crippen molar-refractivity contribution in [2.75, 3.05) is 0 Å². The van der Waals surface area contributed by atoms with E-state index in [2.05, 4.69) is 25.6 Å². The number of nitrogens with zero attached hydrogens (tertiary/aromatic N) is 1. The summed E-state index contributed by atoms with van der Waals surface area (Å²) in [4.78, 5) is 3.97. The third kappa shape index (κ3) is 3.14. The molecule has 0 atom stereocenters. The zero-order chi connectivity index (χ0) is 13.2. The van der Waals surface area contributed by atoms with Gasteiger partial charge in [-0.2, -0.15) is 0 Å². The summed E-state index contributed by atoms with van der Waals surface area (Å²) in [6.07, 6.45) is 0.